The summed E-state index contributed by atoms with van der Waals surface area (Å²) in [4.78, 5) is 27.5. The lowest BCUT2D eigenvalue weighted by Gasteiger charge is -2.30. The minimum atomic E-state index is -0.996. The average Bonchev–Trinajstić information content (AvgIpc) is 2.90. The van der Waals surface area contributed by atoms with Crippen molar-refractivity contribution in [1.29, 1.82) is 0 Å². The number of nitrogens with zero attached hydrogens (tertiary/aromatic N) is 1. The van der Waals surface area contributed by atoms with E-state index in [0.29, 0.717) is 37.3 Å². The Balaban J connectivity index is 1.82. The predicted molar refractivity (Wildman–Crippen MR) is 145 cm³/mol. The van der Waals surface area contributed by atoms with Crippen molar-refractivity contribution in [3.63, 3.8) is 0 Å². The maximum atomic E-state index is 14.4. The van der Waals surface area contributed by atoms with E-state index in [-0.39, 0.29) is 31.7 Å². The molecular weight excluding hydrogens is 485 g/mol. The van der Waals surface area contributed by atoms with Crippen molar-refractivity contribution < 1.29 is 23.8 Å². The summed E-state index contributed by atoms with van der Waals surface area (Å²) in [7, 11) is 1.56. The lowest BCUT2D eigenvalue weighted by Crippen LogP contribution is -2.55. The van der Waals surface area contributed by atoms with E-state index in [1.807, 2.05) is 12.1 Å². The molecule has 3 N–H and O–H groups in total. The highest BCUT2D eigenvalue weighted by Crippen LogP contribution is 2.20. The number of aliphatic hydroxyl groups is 1. The SMILES string of the molecule is C#CC[C@H]1C(=O)N[C@H]([C@H](O)CNCc2cccc(CC)c2)Cc2cc(F)cc(c2)OCCCCC(=O)N1C. The summed E-state index contributed by atoms with van der Waals surface area (Å²) in [6, 6.07) is 10.9. The van der Waals surface area contributed by atoms with Gasteiger partial charge in [0.15, 0.2) is 0 Å². The molecule has 0 fully saturated rings. The summed E-state index contributed by atoms with van der Waals surface area (Å²) in [5.74, 6) is 1.74. The fraction of sp³-hybridized carbons (Fsp3) is 0.467. The molecule has 1 aliphatic rings. The number of hydrogen-bond acceptors (Lipinski definition) is 5. The monoisotopic (exact) mass is 523 g/mol. The summed E-state index contributed by atoms with van der Waals surface area (Å²) < 4.78 is 20.1. The summed E-state index contributed by atoms with van der Waals surface area (Å²) in [5.41, 5.74) is 2.89. The Hall–Kier alpha value is -3.41. The van der Waals surface area contributed by atoms with E-state index in [1.54, 1.807) is 13.1 Å². The normalized spacial score (nSPS) is 19.9. The van der Waals surface area contributed by atoms with E-state index in [0.717, 1.165) is 12.0 Å². The first-order chi connectivity index (χ1) is 18.3. The lowest BCUT2D eigenvalue weighted by atomic mass is 9.99. The molecular formula is C30H38FN3O4. The standard InChI is InChI=1S/C30H38FN3O4/c1-4-9-27-30(37)33-26(28(35)20-32-19-22-11-8-10-21(5-2)14-22)17-23-15-24(31)18-25(16-23)38-13-7-6-12-29(36)34(27)3/h1,8,10-11,14-16,18,26-28,32,35H,5-7,9,12-13,17,19-20H2,2-3H3,(H,33,37)/t26-,27-,28+/m0/s1. The molecule has 0 aromatic heterocycles. The van der Waals surface area contributed by atoms with Crippen molar-refractivity contribution in [2.45, 2.75) is 70.2 Å². The third-order valence-corrected chi connectivity index (χ3v) is 6.79. The van der Waals surface area contributed by atoms with Crippen LogP contribution in [0.4, 0.5) is 4.39 Å². The molecule has 0 spiro atoms. The van der Waals surface area contributed by atoms with Crippen LogP contribution in [0.2, 0.25) is 0 Å². The molecule has 2 aromatic rings. The largest absolute Gasteiger partial charge is 0.493 e. The molecule has 2 aromatic carbocycles. The van der Waals surface area contributed by atoms with Gasteiger partial charge in [0, 0.05) is 39.0 Å². The third kappa shape index (κ3) is 8.57. The van der Waals surface area contributed by atoms with Crippen LogP contribution in [-0.2, 0) is 29.0 Å². The van der Waals surface area contributed by atoms with Gasteiger partial charge >= 0.3 is 0 Å². The van der Waals surface area contributed by atoms with Gasteiger partial charge in [-0.2, -0.15) is 0 Å². The molecule has 2 amide bonds. The summed E-state index contributed by atoms with van der Waals surface area (Å²) in [6.07, 6.45) is 7.05. The van der Waals surface area contributed by atoms with Crippen LogP contribution in [0.5, 0.6) is 5.75 Å². The zero-order valence-electron chi connectivity index (χ0n) is 22.2. The number of nitrogens with one attached hydrogen (secondary N) is 2. The molecule has 3 rings (SSSR count). The van der Waals surface area contributed by atoms with Crippen LogP contribution in [0, 0.1) is 18.2 Å². The maximum Gasteiger partial charge on any atom is 0.244 e. The fourth-order valence-corrected chi connectivity index (χ4v) is 4.54. The molecule has 0 saturated carbocycles. The molecule has 0 saturated heterocycles. The van der Waals surface area contributed by atoms with E-state index in [1.165, 1.54) is 22.6 Å². The van der Waals surface area contributed by atoms with Crippen LogP contribution in [0.25, 0.3) is 0 Å². The highest BCUT2D eigenvalue weighted by atomic mass is 19.1. The first-order valence-electron chi connectivity index (χ1n) is 13.2. The van der Waals surface area contributed by atoms with Crippen molar-refractivity contribution in [3.8, 4) is 18.1 Å². The van der Waals surface area contributed by atoms with Gasteiger partial charge in [-0.05, 0) is 54.5 Å². The summed E-state index contributed by atoms with van der Waals surface area (Å²) >= 11 is 0. The second kappa shape index (κ2) is 14.5. The quantitative estimate of drug-likeness (QED) is 0.486. The number of halogens is 1. The number of carbonyl (C=O) groups excluding carboxylic acids is 2. The Labute approximate surface area is 224 Å². The number of rotatable bonds is 7. The Morgan fingerprint density at radius 3 is 2.79 bits per heavy atom. The highest BCUT2D eigenvalue weighted by molar-refractivity contribution is 5.88. The highest BCUT2D eigenvalue weighted by Gasteiger charge is 2.30. The van der Waals surface area contributed by atoms with Gasteiger partial charge in [-0.25, -0.2) is 4.39 Å². The van der Waals surface area contributed by atoms with E-state index >= 15 is 0 Å². The smallest absolute Gasteiger partial charge is 0.244 e. The van der Waals surface area contributed by atoms with Crippen molar-refractivity contribution in [2.75, 3.05) is 20.2 Å². The van der Waals surface area contributed by atoms with E-state index in [9.17, 15) is 19.1 Å². The van der Waals surface area contributed by atoms with Crippen molar-refractivity contribution in [2.24, 2.45) is 0 Å². The van der Waals surface area contributed by atoms with Gasteiger partial charge in [0.05, 0.1) is 18.8 Å². The molecule has 204 valence electrons. The third-order valence-electron chi connectivity index (χ3n) is 6.79. The zero-order chi connectivity index (χ0) is 27.5. The van der Waals surface area contributed by atoms with E-state index in [2.05, 4.69) is 35.6 Å². The number of benzene rings is 2. The van der Waals surface area contributed by atoms with Crippen LogP contribution in [0.1, 0.15) is 49.3 Å². The number of carbonyl (C=O) groups is 2. The van der Waals surface area contributed by atoms with Crippen LogP contribution in [0.15, 0.2) is 42.5 Å². The molecule has 0 unspecified atom stereocenters. The van der Waals surface area contributed by atoms with Crippen LogP contribution >= 0.6 is 0 Å². The van der Waals surface area contributed by atoms with Gasteiger partial charge in [0.1, 0.15) is 17.6 Å². The van der Waals surface area contributed by atoms with E-state index < -0.39 is 29.9 Å². The topological polar surface area (TPSA) is 90.9 Å². The Morgan fingerprint density at radius 1 is 1.24 bits per heavy atom. The summed E-state index contributed by atoms with van der Waals surface area (Å²) in [6.45, 7) is 3.16. The first-order valence-corrected chi connectivity index (χ1v) is 13.2. The number of ether oxygens (including phenoxy) is 1. The molecule has 2 bridgehead atoms. The van der Waals surface area contributed by atoms with Crippen LogP contribution in [-0.4, -0.2) is 60.2 Å². The minimum absolute atomic E-state index is 0.0378. The number of amides is 2. The number of aliphatic hydroxyl groups excluding tert-OH is 1. The van der Waals surface area contributed by atoms with Crippen molar-refractivity contribution in [1.82, 2.24) is 15.5 Å². The van der Waals surface area contributed by atoms with Gasteiger partial charge in [-0.15, -0.1) is 12.3 Å². The van der Waals surface area contributed by atoms with Gasteiger partial charge < -0.3 is 25.4 Å². The molecule has 38 heavy (non-hydrogen) atoms. The zero-order valence-corrected chi connectivity index (χ0v) is 22.2. The second-order valence-electron chi connectivity index (χ2n) is 9.72. The molecule has 3 atom stereocenters. The molecule has 1 aliphatic heterocycles. The Bertz CT molecular complexity index is 1130. The van der Waals surface area contributed by atoms with E-state index in [4.69, 9.17) is 11.2 Å². The lowest BCUT2D eigenvalue weighted by molar-refractivity contribution is -0.139. The number of fused-ring (bicyclic) bond motifs is 2. The number of aryl methyl sites for hydroxylation is 1. The van der Waals surface area contributed by atoms with Crippen LogP contribution < -0.4 is 15.4 Å². The maximum absolute atomic E-state index is 14.4. The Kier molecular flexibility index (Phi) is 11.1. The molecule has 0 radical (unpaired) electrons. The van der Waals surface area contributed by atoms with Gasteiger partial charge in [0.25, 0.3) is 0 Å². The second-order valence-corrected chi connectivity index (χ2v) is 9.72. The molecule has 1 heterocycles. The predicted octanol–water partition coefficient (Wildman–Crippen LogP) is 2.98. The van der Waals surface area contributed by atoms with Gasteiger partial charge in [0.2, 0.25) is 11.8 Å². The summed E-state index contributed by atoms with van der Waals surface area (Å²) in [5, 5.41) is 17.3. The molecule has 0 aliphatic carbocycles. The van der Waals surface area contributed by atoms with Gasteiger partial charge in [-0.3, -0.25) is 9.59 Å². The average molecular weight is 524 g/mol. The number of hydrogen-bond donors (Lipinski definition) is 3. The fourth-order valence-electron chi connectivity index (χ4n) is 4.54. The minimum Gasteiger partial charge on any atom is -0.493 e. The van der Waals surface area contributed by atoms with Crippen molar-refractivity contribution in [3.05, 3.63) is 65.0 Å². The van der Waals surface area contributed by atoms with Gasteiger partial charge in [-0.1, -0.05) is 31.2 Å². The first kappa shape index (κ1) is 29.2. The molecule has 7 nitrogen and oxygen atoms in total. The van der Waals surface area contributed by atoms with Crippen molar-refractivity contribution >= 4 is 11.8 Å². The number of likely N-dealkylation sites (N-methyl/N-ethyl adjacent to an activating group) is 1. The molecule has 8 heteroatoms. The Morgan fingerprint density at radius 2 is 2.03 bits per heavy atom. The van der Waals surface area contributed by atoms with Crippen LogP contribution in [0.3, 0.4) is 0 Å². The number of terminal acetylenes is 1.